The van der Waals surface area contributed by atoms with Crippen molar-refractivity contribution in [1.82, 2.24) is 20.0 Å². The van der Waals surface area contributed by atoms with Crippen LogP contribution in [0, 0.1) is 11.3 Å². The van der Waals surface area contributed by atoms with E-state index in [9.17, 15) is 4.79 Å². The molecule has 148 valence electrons. The quantitative estimate of drug-likeness (QED) is 0.834. The average molecular weight is 381 g/mol. The van der Waals surface area contributed by atoms with Gasteiger partial charge in [0.25, 0.3) is 0 Å². The third-order valence-electron chi connectivity index (χ3n) is 5.69. The fourth-order valence-corrected chi connectivity index (χ4v) is 3.70. The van der Waals surface area contributed by atoms with Crippen molar-refractivity contribution in [2.45, 2.75) is 45.2 Å². The number of urea groups is 1. The first kappa shape index (κ1) is 19.7. The number of methoxy groups -OCH3 is 1. The van der Waals surface area contributed by atoms with Crippen LogP contribution in [0.15, 0.2) is 30.3 Å². The predicted molar refractivity (Wildman–Crippen MR) is 106 cm³/mol. The smallest absolute Gasteiger partial charge is 0.317 e. The topological polar surface area (TPSA) is 83.2 Å². The number of carbonyl (C=O) groups is 1. The van der Waals surface area contributed by atoms with Gasteiger partial charge in [0, 0.05) is 18.7 Å². The van der Waals surface area contributed by atoms with E-state index >= 15 is 0 Å². The van der Waals surface area contributed by atoms with Gasteiger partial charge in [-0.05, 0) is 30.4 Å². The summed E-state index contributed by atoms with van der Waals surface area (Å²) in [6.07, 6.45) is 1.77. The van der Waals surface area contributed by atoms with Gasteiger partial charge in [-0.15, -0.1) is 0 Å². The number of rotatable bonds is 6. The molecule has 0 saturated carbocycles. The highest BCUT2D eigenvalue weighted by Crippen LogP contribution is 2.36. The molecule has 1 N–H and O–H groups in total. The molecule has 1 aliphatic heterocycles. The van der Waals surface area contributed by atoms with E-state index in [0.29, 0.717) is 31.9 Å². The predicted octanol–water partition coefficient (Wildman–Crippen LogP) is 3.05. The molecule has 2 aromatic rings. The van der Waals surface area contributed by atoms with E-state index < -0.39 is 0 Å². The first-order valence-corrected chi connectivity index (χ1v) is 9.64. The van der Waals surface area contributed by atoms with Crippen LogP contribution in [-0.2, 0) is 18.5 Å². The molecule has 0 aliphatic carbocycles. The van der Waals surface area contributed by atoms with Crippen molar-refractivity contribution in [3.63, 3.8) is 0 Å². The molecule has 1 aromatic heterocycles. The molecule has 2 amide bonds. The minimum atomic E-state index is -0.0813. The van der Waals surface area contributed by atoms with Gasteiger partial charge in [0.2, 0.25) is 0 Å². The van der Waals surface area contributed by atoms with Gasteiger partial charge in [-0.2, -0.15) is 10.4 Å². The highest BCUT2D eigenvalue weighted by Gasteiger charge is 2.28. The second kappa shape index (κ2) is 8.34. The number of para-hydroxylation sites is 1. The number of benzene rings is 1. The van der Waals surface area contributed by atoms with E-state index in [0.717, 1.165) is 24.3 Å². The lowest BCUT2D eigenvalue weighted by atomic mass is 9.77. The van der Waals surface area contributed by atoms with E-state index in [-0.39, 0.29) is 11.4 Å². The number of ether oxygens (including phenoxy) is 1. The van der Waals surface area contributed by atoms with Crippen LogP contribution in [0.4, 0.5) is 4.79 Å². The molecular weight excluding hydrogens is 354 g/mol. The number of aromatic nitrogens is 2. The standard InChI is InChI=1S/C21H27N5O2/c1-4-21(2,18-7-5-6-8-19(18)28-3)9-10-23-20(27)25-11-12-26-17(15-25)13-16(14-22)24-26/h5-8,13H,4,9-12,15H2,1-3H3,(H,23,27)/t21-/m1/s1. The van der Waals surface area contributed by atoms with Crippen molar-refractivity contribution in [3.05, 3.63) is 47.3 Å². The Hall–Kier alpha value is -3.01. The average Bonchev–Trinajstić information content (AvgIpc) is 3.16. The van der Waals surface area contributed by atoms with Crippen LogP contribution in [0.5, 0.6) is 5.75 Å². The first-order valence-electron chi connectivity index (χ1n) is 9.64. The fraction of sp³-hybridized carbons (Fsp3) is 0.476. The molecule has 0 fully saturated rings. The highest BCUT2D eigenvalue weighted by atomic mass is 16.5. The Balaban J connectivity index is 1.59. The van der Waals surface area contributed by atoms with Crippen molar-refractivity contribution < 1.29 is 9.53 Å². The zero-order chi connectivity index (χ0) is 20.1. The Morgan fingerprint density at radius 1 is 1.39 bits per heavy atom. The monoisotopic (exact) mass is 381 g/mol. The van der Waals surface area contributed by atoms with Gasteiger partial charge in [-0.1, -0.05) is 32.0 Å². The lowest BCUT2D eigenvalue weighted by Crippen LogP contribution is -2.45. The molecule has 0 radical (unpaired) electrons. The lowest BCUT2D eigenvalue weighted by Gasteiger charge is -2.32. The molecule has 2 heterocycles. The minimum Gasteiger partial charge on any atom is -0.496 e. The Labute approximate surface area is 165 Å². The summed E-state index contributed by atoms with van der Waals surface area (Å²) in [6, 6.07) is 11.8. The number of amides is 2. The van der Waals surface area contributed by atoms with E-state index in [4.69, 9.17) is 10.00 Å². The zero-order valence-electron chi connectivity index (χ0n) is 16.7. The van der Waals surface area contributed by atoms with E-state index in [1.807, 2.05) is 24.3 Å². The summed E-state index contributed by atoms with van der Waals surface area (Å²) in [6.45, 7) is 6.62. The molecule has 1 atom stereocenters. The van der Waals surface area contributed by atoms with Crippen molar-refractivity contribution in [3.8, 4) is 11.8 Å². The number of nitriles is 1. The molecular formula is C21H27N5O2. The molecule has 0 saturated heterocycles. The van der Waals surface area contributed by atoms with E-state index in [1.54, 1.807) is 22.8 Å². The molecule has 28 heavy (non-hydrogen) atoms. The fourth-order valence-electron chi connectivity index (χ4n) is 3.70. The SMILES string of the molecule is CC[C@](C)(CCNC(=O)N1CCn2nc(C#N)cc2C1)c1ccccc1OC. The molecule has 7 heteroatoms. The van der Waals surface area contributed by atoms with Crippen LogP contribution in [0.2, 0.25) is 0 Å². The first-order chi connectivity index (χ1) is 13.5. The molecule has 1 aliphatic rings. The normalized spacial score (nSPS) is 15.3. The van der Waals surface area contributed by atoms with Crippen molar-refractivity contribution in [1.29, 1.82) is 5.26 Å². The summed E-state index contributed by atoms with van der Waals surface area (Å²) in [5.41, 5.74) is 2.38. The molecule has 0 unspecified atom stereocenters. The van der Waals surface area contributed by atoms with Crippen LogP contribution >= 0.6 is 0 Å². The maximum atomic E-state index is 12.6. The van der Waals surface area contributed by atoms with Crippen molar-refractivity contribution in [2.75, 3.05) is 20.2 Å². The number of hydrogen-bond donors (Lipinski definition) is 1. The maximum absolute atomic E-state index is 12.6. The summed E-state index contributed by atoms with van der Waals surface area (Å²) < 4.78 is 7.34. The minimum absolute atomic E-state index is 0.0792. The van der Waals surface area contributed by atoms with Crippen molar-refractivity contribution >= 4 is 6.03 Å². The van der Waals surface area contributed by atoms with Crippen LogP contribution in [0.1, 0.15) is 43.6 Å². The van der Waals surface area contributed by atoms with Crippen LogP contribution in [0.25, 0.3) is 0 Å². The number of hydrogen-bond acceptors (Lipinski definition) is 4. The Bertz CT molecular complexity index is 885. The number of carbonyl (C=O) groups excluding carboxylic acids is 1. The summed E-state index contributed by atoms with van der Waals surface area (Å²) in [5.74, 6) is 0.885. The van der Waals surface area contributed by atoms with Gasteiger partial charge in [0.15, 0.2) is 5.69 Å². The Morgan fingerprint density at radius 3 is 2.89 bits per heavy atom. The van der Waals surface area contributed by atoms with Gasteiger partial charge >= 0.3 is 6.03 Å². The summed E-state index contributed by atoms with van der Waals surface area (Å²) >= 11 is 0. The molecule has 7 nitrogen and oxygen atoms in total. The lowest BCUT2D eigenvalue weighted by molar-refractivity contribution is 0.180. The van der Waals surface area contributed by atoms with Crippen LogP contribution in [-0.4, -0.2) is 40.9 Å². The molecule has 0 bridgehead atoms. The highest BCUT2D eigenvalue weighted by molar-refractivity contribution is 5.74. The molecule has 1 aromatic carbocycles. The second-order valence-electron chi connectivity index (χ2n) is 7.37. The van der Waals surface area contributed by atoms with E-state index in [2.05, 4.69) is 30.3 Å². The van der Waals surface area contributed by atoms with Gasteiger partial charge in [-0.3, -0.25) is 4.68 Å². The summed E-state index contributed by atoms with van der Waals surface area (Å²) in [5, 5.41) is 16.2. The van der Waals surface area contributed by atoms with Gasteiger partial charge in [0.05, 0.1) is 25.9 Å². The Kier molecular flexibility index (Phi) is 5.88. The number of fused-ring (bicyclic) bond motifs is 1. The molecule has 3 rings (SSSR count). The van der Waals surface area contributed by atoms with Crippen LogP contribution in [0.3, 0.4) is 0 Å². The maximum Gasteiger partial charge on any atom is 0.317 e. The summed E-state index contributed by atoms with van der Waals surface area (Å²) in [4.78, 5) is 14.4. The second-order valence-corrected chi connectivity index (χ2v) is 7.37. The zero-order valence-corrected chi connectivity index (χ0v) is 16.7. The Morgan fingerprint density at radius 2 is 2.18 bits per heavy atom. The molecule has 0 spiro atoms. The van der Waals surface area contributed by atoms with Crippen LogP contribution < -0.4 is 10.1 Å². The van der Waals surface area contributed by atoms with E-state index in [1.165, 1.54) is 5.56 Å². The summed E-state index contributed by atoms with van der Waals surface area (Å²) in [7, 11) is 1.69. The third-order valence-corrected chi connectivity index (χ3v) is 5.69. The van der Waals surface area contributed by atoms with Gasteiger partial charge < -0.3 is 15.0 Å². The third kappa shape index (κ3) is 3.96. The number of nitrogens with zero attached hydrogens (tertiary/aromatic N) is 4. The van der Waals surface area contributed by atoms with Gasteiger partial charge in [-0.25, -0.2) is 4.79 Å². The van der Waals surface area contributed by atoms with Gasteiger partial charge in [0.1, 0.15) is 11.8 Å². The largest absolute Gasteiger partial charge is 0.496 e. The van der Waals surface area contributed by atoms with Crippen molar-refractivity contribution in [2.24, 2.45) is 0 Å². The number of nitrogens with one attached hydrogen (secondary N) is 1.